The zero-order valence-corrected chi connectivity index (χ0v) is 19.1. The summed E-state index contributed by atoms with van der Waals surface area (Å²) in [5, 5.41) is 2.90. The minimum absolute atomic E-state index is 0.0120. The summed E-state index contributed by atoms with van der Waals surface area (Å²) in [4.78, 5) is 25.9. The van der Waals surface area contributed by atoms with Crippen molar-refractivity contribution in [3.8, 4) is 11.5 Å². The Labute approximate surface area is 189 Å². The molecule has 1 fully saturated rings. The first-order valence-electron chi connectivity index (χ1n) is 10.9. The van der Waals surface area contributed by atoms with Crippen molar-refractivity contribution in [2.24, 2.45) is 5.92 Å². The van der Waals surface area contributed by atoms with E-state index in [0.29, 0.717) is 36.9 Å². The quantitative estimate of drug-likeness (QED) is 0.567. The lowest BCUT2D eigenvalue weighted by atomic mass is 9.98. The fraction of sp³-hybridized carbons (Fsp3) is 0.440. The maximum atomic E-state index is 12.3. The molecule has 0 spiro atoms. The van der Waals surface area contributed by atoms with Crippen LogP contribution >= 0.6 is 0 Å². The molecule has 32 heavy (non-hydrogen) atoms. The summed E-state index contributed by atoms with van der Waals surface area (Å²) in [6.07, 6.45) is 2.00. The van der Waals surface area contributed by atoms with Gasteiger partial charge in [0.05, 0.1) is 27.4 Å². The number of ether oxygens (including phenoxy) is 3. The lowest BCUT2D eigenvalue weighted by Crippen LogP contribution is -2.40. The van der Waals surface area contributed by atoms with E-state index in [0.717, 1.165) is 43.0 Å². The largest absolute Gasteiger partial charge is 0.497 e. The molecule has 7 nitrogen and oxygen atoms in total. The number of benzene rings is 2. The monoisotopic (exact) mass is 440 g/mol. The lowest BCUT2D eigenvalue weighted by molar-refractivity contribution is -0.117. The molecule has 3 rings (SSSR count). The molecule has 1 saturated heterocycles. The highest BCUT2D eigenvalue weighted by Crippen LogP contribution is 2.24. The number of piperidine rings is 1. The number of amides is 1. The van der Waals surface area contributed by atoms with Gasteiger partial charge in [0.25, 0.3) is 0 Å². The number of likely N-dealkylation sites (tertiary alicyclic amines) is 1. The summed E-state index contributed by atoms with van der Waals surface area (Å²) in [5.41, 5.74) is 2.36. The molecule has 1 aliphatic rings. The van der Waals surface area contributed by atoms with Gasteiger partial charge in [-0.1, -0.05) is 0 Å². The molecule has 0 unspecified atom stereocenters. The number of anilines is 1. The minimum atomic E-state index is -0.0396. The Balaban J connectivity index is 1.37. The molecule has 172 valence electrons. The molecular formula is C25H32N2O5. The van der Waals surface area contributed by atoms with Crippen LogP contribution < -0.4 is 14.8 Å². The van der Waals surface area contributed by atoms with Crippen molar-refractivity contribution in [3.05, 3.63) is 53.6 Å². The first-order chi connectivity index (χ1) is 15.5. The standard InChI is InChI=1S/C25H32N2O5/c1-18(28)21-4-6-22(7-5-21)26-25(29)15-27-10-8-19(9-11-27)16-32-17-20-12-23(30-2)14-24(13-20)31-3/h4-7,12-14,19H,8-11,15-17H2,1-3H3,(H,26,29). The molecule has 0 radical (unpaired) electrons. The SMILES string of the molecule is COc1cc(COCC2CCN(CC(=O)Nc3ccc(C(C)=O)cc3)CC2)cc(OC)c1. The van der Waals surface area contributed by atoms with E-state index in [1.54, 1.807) is 38.5 Å². The third-order valence-corrected chi connectivity index (χ3v) is 5.68. The zero-order chi connectivity index (χ0) is 22.9. The highest BCUT2D eigenvalue weighted by atomic mass is 16.5. The molecule has 1 aliphatic heterocycles. The average molecular weight is 441 g/mol. The maximum absolute atomic E-state index is 12.3. The molecule has 0 saturated carbocycles. The predicted molar refractivity (Wildman–Crippen MR) is 123 cm³/mol. The number of carbonyl (C=O) groups excluding carboxylic acids is 2. The van der Waals surface area contributed by atoms with Crippen molar-refractivity contribution in [2.75, 3.05) is 45.8 Å². The summed E-state index contributed by atoms with van der Waals surface area (Å²) in [6, 6.07) is 12.7. The van der Waals surface area contributed by atoms with Gasteiger partial charge in [0.1, 0.15) is 11.5 Å². The number of Topliss-reactive ketones (excluding diaryl/α,β-unsaturated/α-hetero) is 1. The molecule has 1 amide bonds. The molecule has 1 N–H and O–H groups in total. The van der Waals surface area contributed by atoms with Gasteiger partial charge in [0.2, 0.25) is 5.91 Å². The van der Waals surface area contributed by atoms with Gasteiger partial charge in [-0.05, 0) is 80.7 Å². The van der Waals surface area contributed by atoms with Crippen LogP contribution in [0.25, 0.3) is 0 Å². The van der Waals surface area contributed by atoms with Crippen molar-refractivity contribution in [3.63, 3.8) is 0 Å². The summed E-state index contributed by atoms with van der Waals surface area (Å²) in [5.74, 6) is 1.97. The van der Waals surface area contributed by atoms with Crippen molar-refractivity contribution < 1.29 is 23.8 Å². The number of hydrogen-bond acceptors (Lipinski definition) is 6. The summed E-state index contributed by atoms with van der Waals surface area (Å²) in [7, 11) is 3.27. The number of nitrogens with zero attached hydrogens (tertiary/aromatic N) is 1. The Morgan fingerprint density at radius 2 is 1.62 bits per heavy atom. The smallest absolute Gasteiger partial charge is 0.238 e. The second-order valence-corrected chi connectivity index (χ2v) is 8.14. The van der Waals surface area contributed by atoms with Crippen LogP contribution in [0.5, 0.6) is 11.5 Å². The van der Waals surface area contributed by atoms with Gasteiger partial charge in [-0.3, -0.25) is 14.5 Å². The van der Waals surface area contributed by atoms with Crippen LogP contribution in [0.3, 0.4) is 0 Å². The molecule has 2 aromatic carbocycles. The van der Waals surface area contributed by atoms with Crippen molar-refractivity contribution >= 4 is 17.4 Å². The maximum Gasteiger partial charge on any atom is 0.238 e. The topological polar surface area (TPSA) is 77.1 Å². The van der Waals surface area contributed by atoms with Crippen molar-refractivity contribution in [1.82, 2.24) is 4.90 Å². The summed E-state index contributed by atoms with van der Waals surface area (Å²) in [6.45, 7) is 4.85. The molecule has 0 bridgehead atoms. The highest BCUT2D eigenvalue weighted by molar-refractivity contribution is 5.96. The highest BCUT2D eigenvalue weighted by Gasteiger charge is 2.21. The van der Waals surface area contributed by atoms with E-state index in [4.69, 9.17) is 14.2 Å². The second kappa shape index (κ2) is 11.6. The first-order valence-corrected chi connectivity index (χ1v) is 10.9. The average Bonchev–Trinajstić information content (AvgIpc) is 2.80. The normalized spacial score (nSPS) is 14.7. The van der Waals surface area contributed by atoms with Gasteiger partial charge in [-0.15, -0.1) is 0 Å². The van der Waals surface area contributed by atoms with Crippen LogP contribution in [0.4, 0.5) is 5.69 Å². The Kier molecular flexibility index (Phi) is 8.64. The van der Waals surface area contributed by atoms with E-state index in [2.05, 4.69) is 10.2 Å². The van der Waals surface area contributed by atoms with Gasteiger partial charge in [-0.25, -0.2) is 0 Å². The summed E-state index contributed by atoms with van der Waals surface area (Å²) < 4.78 is 16.6. The fourth-order valence-corrected chi connectivity index (χ4v) is 3.80. The Morgan fingerprint density at radius 3 is 2.19 bits per heavy atom. The molecule has 7 heteroatoms. The van der Waals surface area contributed by atoms with Gasteiger partial charge >= 0.3 is 0 Å². The van der Waals surface area contributed by atoms with Crippen LogP contribution in [0, 0.1) is 5.92 Å². The Morgan fingerprint density at radius 1 is 1.00 bits per heavy atom. The van der Waals surface area contributed by atoms with Gasteiger partial charge in [-0.2, -0.15) is 0 Å². The van der Waals surface area contributed by atoms with Crippen LogP contribution in [-0.2, 0) is 16.1 Å². The number of rotatable bonds is 10. The van der Waals surface area contributed by atoms with Gasteiger partial charge in [0, 0.05) is 23.9 Å². The first kappa shape index (κ1) is 23.8. The third kappa shape index (κ3) is 7.07. The zero-order valence-electron chi connectivity index (χ0n) is 19.1. The Bertz CT molecular complexity index is 883. The number of carbonyl (C=O) groups is 2. The molecule has 1 heterocycles. The fourth-order valence-electron chi connectivity index (χ4n) is 3.80. The molecule has 2 aromatic rings. The number of hydrogen-bond donors (Lipinski definition) is 1. The van der Waals surface area contributed by atoms with Crippen molar-refractivity contribution in [1.29, 1.82) is 0 Å². The summed E-state index contributed by atoms with van der Waals surface area (Å²) >= 11 is 0. The molecule has 0 aromatic heterocycles. The second-order valence-electron chi connectivity index (χ2n) is 8.14. The van der Waals surface area contributed by atoms with E-state index in [1.165, 1.54) is 6.92 Å². The van der Waals surface area contributed by atoms with E-state index in [1.807, 2.05) is 18.2 Å². The number of methoxy groups -OCH3 is 2. The van der Waals surface area contributed by atoms with Crippen molar-refractivity contribution in [2.45, 2.75) is 26.4 Å². The van der Waals surface area contributed by atoms with E-state index in [9.17, 15) is 9.59 Å². The minimum Gasteiger partial charge on any atom is -0.497 e. The Hall–Kier alpha value is -2.90. The van der Waals surface area contributed by atoms with E-state index >= 15 is 0 Å². The molecular weight excluding hydrogens is 408 g/mol. The van der Waals surface area contributed by atoms with Crippen LogP contribution in [0.2, 0.25) is 0 Å². The number of ketones is 1. The number of nitrogens with one attached hydrogen (secondary N) is 1. The molecule has 0 atom stereocenters. The van der Waals surface area contributed by atoms with Crippen LogP contribution in [-0.4, -0.2) is 57.1 Å². The van der Waals surface area contributed by atoms with E-state index < -0.39 is 0 Å². The van der Waals surface area contributed by atoms with Gasteiger partial charge < -0.3 is 19.5 Å². The lowest BCUT2D eigenvalue weighted by Gasteiger charge is -2.31. The predicted octanol–water partition coefficient (Wildman–Crippen LogP) is 3.77. The van der Waals surface area contributed by atoms with Gasteiger partial charge in [0.15, 0.2) is 5.78 Å². The molecule has 0 aliphatic carbocycles. The third-order valence-electron chi connectivity index (χ3n) is 5.68. The van der Waals surface area contributed by atoms with E-state index in [-0.39, 0.29) is 11.7 Å². The van der Waals surface area contributed by atoms with Crippen LogP contribution in [0.1, 0.15) is 35.7 Å². The van der Waals surface area contributed by atoms with Crippen LogP contribution in [0.15, 0.2) is 42.5 Å².